The van der Waals surface area contributed by atoms with Crippen LogP contribution in [0.5, 0.6) is 11.5 Å². The van der Waals surface area contributed by atoms with E-state index in [1.54, 1.807) is 47.4 Å². The molecule has 1 aliphatic rings. The van der Waals surface area contributed by atoms with Crippen LogP contribution in [0.2, 0.25) is 10.0 Å². The van der Waals surface area contributed by atoms with Crippen molar-refractivity contribution in [3.63, 3.8) is 0 Å². The smallest absolute Gasteiger partial charge is 0.243 e. The van der Waals surface area contributed by atoms with Crippen molar-refractivity contribution in [2.45, 2.75) is 20.0 Å². The Morgan fingerprint density at radius 1 is 0.971 bits per heavy atom. The van der Waals surface area contributed by atoms with Crippen molar-refractivity contribution in [3.8, 4) is 11.5 Å². The zero-order valence-corrected chi connectivity index (χ0v) is 20.6. The van der Waals surface area contributed by atoms with E-state index in [-0.39, 0.29) is 18.2 Å². The van der Waals surface area contributed by atoms with Crippen LogP contribution in [0.4, 0.5) is 11.4 Å². The molecule has 2 N–H and O–H groups in total. The summed E-state index contributed by atoms with van der Waals surface area (Å²) in [6, 6.07) is 19.7. The molecule has 0 unspecified atom stereocenters. The average molecular weight is 514 g/mol. The molecule has 0 saturated carbocycles. The van der Waals surface area contributed by atoms with Gasteiger partial charge in [-0.3, -0.25) is 20.4 Å². The van der Waals surface area contributed by atoms with Gasteiger partial charge in [0.15, 0.2) is 11.5 Å². The van der Waals surface area contributed by atoms with Crippen molar-refractivity contribution in [1.82, 2.24) is 5.43 Å². The van der Waals surface area contributed by atoms with Gasteiger partial charge in [0.1, 0.15) is 6.61 Å². The van der Waals surface area contributed by atoms with E-state index in [9.17, 15) is 9.59 Å². The minimum absolute atomic E-state index is 0.103. The van der Waals surface area contributed by atoms with Gasteiger partial charge in [0.05, 0.1) is 18.2 Å². The fourth-order valence-electron chi connectivity index (χ4n) is 3.70. The molecule has 0 aromatic heterocycles. The number of hydrazine groups is 1. The monoisotopic (exact) mass is 513 g/mol. The fraction of sp³-hybridized carbons (Fsp3) is 0.231. The minimum Gasteiger partial charge on any atom is -0.490 e. The molecule has 1 saturated heterocycles. The molecule has 7 nitrogen and oxygen atoms in total. The first-order valence-electron chi connectivity index (χ1n) is 11.2. The third kappa shape index (κ3) is 6.38. The van der Waals surface area contributed by atoms with Gasteiger partial charge in [-0.15, -0.1) is 0 Å². The molecule has 2 amide bonds. The molecule has 0 spiro atoms. The Labute approximate surface area is 213 Å². The topological polar surface area (TPSA) is 79.9 Å². The van der Waals surface area contributed by atoms with Gasteiger partial charge in [0.2, 0.25) is 11.8 Å². The predicted molar refractivity (Wildman–Crippen MR) is 137 cm³/mol. The van der Waals surface area contributed by atoms with Crippen LogP contribution in [0.15, 0.2) is 66.7 Å². The zero-order chi connectivity index (χ0) is 24.8. The highest BCUT2D eigenvalue weighted by Gasteiger charge is 2.35. The molecule has 35 heavy (non-hydrogen) atoms. The van der Waals surface area contributed by atoms with Gasteiger partial charge in [-0.25, -0.2) is 0 Å². The lowest BCUT2D eigenvalue weighted by atomic mass is 10.1. The summed E-state index contributed by atoms with van der Waals surface area (Å²) < 4.78 is 11.6. The van der Waals surface area contributed by atoms with Crippen LogP contribution >= 0.6 is 23.2 Å². The number of benzene rings is 3. The van der Waals surface area contributed by atoms with Gasteiger partial charge in [-0.05, 0) is 61.0 Å². The van der Waals surface area contributed by atoms with Crippen LogP contribution in [0, 0.1) is 5.92 Å². The van der Waals surface area contributed by atoms with Crippen molar-refractivity contribution in [2.75, 3.05) is 23.5 Å². The molecular formula is C26H25Cl2N3O4. The normalized spacial score (nSPS) is 15.1. The summed E-state index contributed by atoms with van der Waals surface area (Å²) >= 11 is 11.9. The third-order valence-corrected chi connectivity index (χ3v) is 6.02. The summed E-state index contributed by atoms with van der Waals surface area (Å²) in [6.45, 7) is 3.00. The molecule has 3 aromatic carbocycles. The van der Waals surface area contributed by atoms with E-state index >= 15 is 0 Å². The van der Waals surface area contributed by atoms with E-state index in [1.807, 2.05) is 31.2 Å². The molecule has 4 rings (SSSR count). The number of amides is 2. The maximum Gasteiger partial charge on any atom is 0.243 e. The van der Waals surface area contributed by atoms with E-state index in [0.29, 0.717) is 47.0 Å². The lowest BCUT2D eigenvalue weighted by Gasteiger charge is -2.17. The molecule has 0 radical (unpaired) electrons. The number of hydrogen-bond acceptors (Lipinski definition) is 5. The Balaban J connectivity index is 1.35. The number of anilines is 2. The number of nitrogens with zero attached hydrogens (tertiary/aromatic N) is 1. The number of hydrogen-bond donors (Lipinski definition) is 2. The molecule has 3 aromatic rings. The summed E-state index contributed by atoms with van der Waals surface area (Å²) in [6.07, 6.45) is 0.137. The SMILES string of the molecule is CCOc1cc(NNC(=O)[C@H]2CC(=O)N(c3ccc(Cl)cc3)C2)ccc1OCc1ccc(Cl)cc1. The van der Waals surface area contributed by atoms with Crippen LogP contribution in [0.1, 0.15) is 18.9 Å². The molecule has 1 heterocycles. The number of rotatable bonds is 9. The van der Waals surface area contributed by atoms with Crippen LogP contribution in [-0.2, 0) is 16.2 Å². The van der Waals surface area contributed by atoms with Crippen LogP contribution in [0.3, 0.4) is 0 Å². The van der Waals surface area contributed by atoms with E-state index < -0.39 is 5.92 Å². The Kier molecular flexibility index (Phi) is 8.00. The molecule has 182 valence electrons. The van der Waals surface area contributed by atoms with Crippen LogP contribution in [-0.4, -0.2) is 25.0 Å². The largest absolute Gasteiger partial charge is 0.490 e. The molecule has 1 atom stereocenters. The maximum atomic E-state index is 12.7. The van der Waals surface area contributed by atoms with E-state index in [1.165, 1.54) is 0 Å². The van der Waals surface area contributed by atoms with Crippen molar-refractivity contribution in [2.24, 2.45) is 5.92 Å². The lowest BCUT2D eigenvalue weighted by molar-refractivity contribution is -0.125. The highest BCUT2D eigenvalue weighted by molar-refractivity contribution is 6.30. The van der Waals surface area contributed by atoms with Gasteiger partial charge in [0.25, 0.3) is 0 Å². The van der Waals surface area contributed by atoms with Crippen molar-refractivity contribution < 1.29 is 19.1 Å². The molecular weight excluding hydrogens is 489 g/mol. The fourth-order valence-corrected chi connectivity index (χ4v) is 3.96. The zero-order valence-electron chi connectivity index (χ0n) is 19.1. The third-order valence-electron chi connectivity index (χ3n) is 5.52. The van der Waals surface area contributed by atoms with Crippen molar-refractivity contribution >= 4 is 46.4 Å². The highest BCUT2D eigenvalue weighted by atomic mass is 35.5. The van der Waals surface area contributed by atoms with E-state index in [2.05, 4.69) is 10.9 Å². The van der Waals surface area contributed by atoms with Crippen LogP contribution in [0.25, 0.3) is 0 Å². The average Bonchev–Trinajstić information content (AvgIpc) is 3.25. The summed E-state index contributed by atoms with van der Waals surface area (Å²) in [7, 11) is 0. The second-order valence-corrected chi connectivity index (χ2v) is 8.88. The first-order chi connectivity index (χ1) is 16.9. The summed E-state index contributed by atoms with van der Waals surface area (Å²) in [5.74, 6) is 0.285. The minimum atomic E-state index is -0.473. The Morgan fingerprint density at radius 3 is 2.34 bits per heavy atom. The van der Waals surface area contributed by atoms with Gasteiger partial charge in [-0.2, -0.15) is 0 Å². The van der Waals surface area contributed by atoms with Crippen molar-refractivity contribution in [3.05, 3.63) is 82.3 Å². The number of carbonyl (C=O) groups is 2. The first kappa shape index (κ1) is 24.7. The highest BCUT2D eigenvalue weighted by Crippen LogP contribution is 2.31. The van der Waals surface area contributed by atoms with Gasteiger partial charge in [0, 0.05) is 34.8 Å². The van der Waals surface area contributed by atoms with E-state index in [0.717, 1.165) is 11.3 Å². The second kappa shape index (κ2) is 11.3. The van der Waals surface area contributed by atoms with Crippen molar-refractivity contribution in [1.29, 1.82) is 0 Å². The quantitative estimate of drug-likeness (QED) is 0.371. The van der Waals surface area contributed by atoms with E-state index in [4.69, 9.17) is 32.7 Å². The number of nitrogens with one attached hydrogen (secondary N) is 2. The summed E-state index contributed by atoms with van der Waals surface area (Å²) in [5.41, 5.74) is 7.93. The maximum absolute atomic E-state index is 12.7. The van der Waals surface area contributed by atoms with Gasteiger partial charge >= 0.3 is 0 Å². The molecule has 0 bridgehead atoms. The number of ether oxygens (including phenoxy) is 2. The number of carbonyl (C=O) groups excluding carboxylic acids is 2. The molecule has 1 fully saturated rings. The number of halogens is 2. The lowest BCUT2D eigenvalue weighted by Crippen LogP contribution is -2.36. The van der Waals surface area contributed by atoms with Gasteiger partial charge in [-0.1, -0.05) is 35.3 Å². The predicted octanol–water partition coefficient (Wildman–Crippen LogP) is 5.47. The Bertz CT molecular complexity index is 1190. The molecule has 0 aliphatic carbocycles. The Hall–Kier alpha value is -3.42. The summed E-state index contributed by atoms with van der Waals surface area (Å²) in [4.78, 5) is 26.8. The first-order valence-corrected chi connectivity index (χ1v) is 11.9. The molecule has 1 aliphatic heterocycles. The Morgan fingerprint density at radius 2 is 1.66 bits per heavy atom. The summed E-state index contributed by atoms with van der Waals surface area (Å²) in [5, 5.41) is 1.26. The second-order valence-electron chi connectivity index (χ2n) is 8.01. The van der Waals surface area contributed by atoms with Gasteiger partial charge < -0.3 is 14.4 Å². The standard InChI is InChI=1S/C26H25Cl2N3O4/c1-2-34-24-14-21(9-12-23(24)35-16-17-3-5-19(27)6-4-17)29-30-26(33)18-13-25(32)31(15-18)22-10-7-20(28)8-11-22/h3-12,14,18,29H,2,13,15-16H2,1H3,(H,30,33)/t18-/m0/s1. The molecule has 9 heteroatoms. The van der Waals surface area contributed by atoms with Crippen LogP contribution < -0.4 is 25.2 Å².